The molecule has 0 aromatic rings. The smallest absolute Gasteiger partial charge is 0.332 e. The number of hydrogen-bond donors (Lipinski definition) is 2. The molecule has 7 atom stereocenters. The largest absolute Gasteiger partial charge is 0.460 e. The third-order valence-electron chi connectivity index (χ3n) is 8.44. The summed E-state index contributed by atoms with van der Waals surface area (Å²) < 4.78 is 5.75. The molecule has 3 fully saturated rings. The Hall–Kier alpha value is -0.940. The normalized spacial score (nSPS) is 48.5. The molecule has 2 bridgehead atoms. The number of Topliss-reactive ketones (excluding diaryl/α,β-unsaturated/α-hetero) is 1. The first-order valence-electron chi connectivity index (χ1n) is 10.2. The van der Waals surface area contributed by atoms with E-state index in [0.717, 1.165) is 32.1 Å². The molecule has 3 saturated carbocycles. The Morgan fingerprint density at radius 3 is 2.58 bits per heavy atom. The van der Waals surface area contributed by atoms with Crippen molar-refractivity contribution in [3.8, 4) is 0 Å². The van der Waals surface area contributed by atoms with Crippen molar-refractivity contribution in [3.63, 3.8) is 0 Å². The monoisotopic (exact) mass is 366 g/mol. The van der Waals surface area contributed by atoms with Gasteiger partial charge in [0.15, 0.2) is 0 Å². The van der Waals surface area contributed by atoms with E-state index < -0.39 is 30.2 Å². The molecule has 0 aliphatic heterocycles. The molecular weight excluding hydrogens is 332 g/mol. The molecular formula is C21H34O5. The van der Waals surface area contributed by atoms with Crippen molar-refractivity contribution in [2.24, 2.45) is 28.1 Å². The maximum absolute atomic E-state index is 13.0. The molecule has 5 heteroatoms. The van der Waals surface area contributed by atoms with Crippen molar-refractivity contribution in [1.29, 1.82) is 0 Å². The van der Waals surface area contributed by atoms with Crippen LogP contribution in [0, 0.1) is 28.1 Å². The summed E-state index contributed by atoms with van der Waals surface area (Å²) >= 11 is 0. The molecule has 0 amide bonds. The average molecular weight is 366 g/mol. The Balaban J connectivity index is 2.14. The van der Waals surface area contributed by atoms with Crippen molar-refractivity contribution in [3.05, 3.63) is 0 Å². The molecule has 1 unspecified atom stereocenters. The Kier molecular flexibility index (Phi) is 5.02. The van der Waals surface area contributed by atoms with E-state index in [1.165, 1.54) is 0 Å². The van der Waals surface area contributed by atoms with Gasteiger partial charge in [0, 0.05) is 17.8 Å². The molecule has 0 spiro atoms. The summed E-state index contributed by atoms with van der Waals surface area (Å²) in [6.07, 6.45) is 4.46. The van der Waals surface area contributed by atoms with E-state index in [1.54, 1.807) is 0 Å². The number of ether oxygens (including phenoxy) is 1. The van der Waals surface area contributed by atoms with Crippen LogP contribution in [0.4, 0.5) is 0 Å². The molecule has 2 N–H and O–H groups in total. The summed E-state index contributed by atoms with van der Waals surface area (Å²) in [6, 6.07) is 0. The highest BCUT2D eigenvalue weighted by Gasteiger charge is 2.66. The van der Waals surface area contributed by atoms with Crippen molar-refractivity contribution in [1.82, 2.24) is 0 Å². The lowest BCUT2D eigenvalue weighted by Gasteiger charge is -2.60. The van der Waals surface area contributed by atoms with Crippen LogP contribution in [-0.2, 0) is 14.3 Å². The molecule has 0 saturated heterocycles. The van der Waals surface area contributed by atoms with Gasteiger partial charge in [0.1, 0.15) is 18.5 Å². The van der Waals surface area contributed by atoms with Gasteiger partial charge in [0.2, 0.25) is 0 Å². The summed E-state index contributed by atoms with van der Waals surface area (Å²) in [6.45, 7) is 7.70. The number of aliphatic hydroxyl groups is 2. The van der Waals surface area contributed by atoms with Gasteiger partial charge in [-0.1, -0.05) is 34.1 Å². The summed E-state index contributed by atoms with van der Waals surface area (Å²) in [5, 5.41) is 20.6. The lowest BCUT2D eigenvalue weighted by atomic mass is 9.46. The molecule has 5 nitrogen and oxygen atoms in total. The molecule has 3 rings (SSSR count). The summed E-state index contributed by atoms with van der Waals surface area (Å²) in [7, 11) is 0. The van der Waals surface area contributed by atoms with E-state index in [-0.39, 0.29) is 28.4 Å². The number of carbonyl (C=O) groups is 2. The summed E-state index contributed by atoms with van der Waals surface area (Å²) in [5.74, 6) is -0.514. The molecule has 0 aromatic carbocycles. The quantitative estimate of drug-likeness (QED) is 0.751. The Bertz CT molecular complexity index is 589. The number of hydrogen-bond acceptors (Lipinski definition) is 5. The van der Waals surface area contributed by atoms with Crippen LogP contribution < -0.4 is 0 Å². The Labute approximate surface area is 156 Å². The second-order valence-electron chi connectivity index (χ2n) is 9.57. The van der Waals surface area contributed by atoms with Crippen LogP contribution in [0.5, 0.6) is 0 Å². The second-order valence-corrected chi connectivity index (χ2v) is 9.57. The van der Waals surface area contributed by atoms with E-state index in [9.17, 15) is 19.8 Å². The first-order chi connectivity index (χ1) is 12.1. The van der Waals surface area contributed by atoms with Crippen LogP contribution in [0.15, 0.2) is 0 Å². The van der Waals surface area contributed by atoms with Gasteiger partial charge in [-0.25, -0.2) is 4.79 Å². The third kappa shape index (κ3) is 2.65. The lowest BCUT2D eigenvalue weighted by molar-refractivity contribution is -0.201. The SMILES string of the molecule is CC[C@]1(C)C[C@@H](OC(=O)CO)[C@]2(C)CCC[C@]3(CCC(=O)C32)[C@@H](C)[C@@H]1O. The van der Waals surface area contributed by atoms with E-state index in [0.29, 0.717) is 12.8 Å². The Morgan fingerprint density at radius 1 is 1.27 bits per heavy atom. The maximum atomic E-state index is 13.0. The van der Waals surface area contributed by atoms with Crippen molar-refractivity contribution >= 4 is 11.8 Å². The number of carbonyl (C=O) groups excluding carboxylic acids is 2. The number of ketones is 1. The van der Waals surface area contributed by atoms with Crippen LogP contribution >= 0.6 is 0 Å². The van der Waals surface area contributed by atoms with Crippen LogP contribution in [0.2, 0.25) is 0 Å². The van der Waals surface area contributed by atoms with Gasteiger partial charge in [0.05, 0.1) is 6.10 Å². The average Bonchev–Trinajstić information content (AvgIpc) is 2.98. The third-order valence-corrected chi connectivity index (χ3v) is 8.44. The van der Waals surface area contributed by atoms with Gasteiger partial charge < -0.3 is 14.9 Å². The molecule has 26 heavy (non-hydrogen) atoms. The fourth-order valence-electron chi connectivity index (χ4n) is 6.69. The van der Waals surface area contributed by atoms with Crippen LogP contribution in [0.3, 0.4) is 0 Å². The zero-order valence-corrected chi connectivity index (χ0v) is 16.6. The highest BCUT2D eigenvalue weighted by molar-refractivity contribution is 5.85. The van der Waals surface area contributed by atoms with Gasteiger partial charge in [-0.2, -0.15) is 0 Å². The highest BCUT2D eigenvalue weighted by atomic mass is 16.6. The zero-order chi connectivity index (χ0) is 19.3. The standard InChI is InChI=1S/C21H34O5/c1-5-19(3)11-15(26-16(24)12-22)20(4)8-6-9-21(13(2)18(19)25)10-7-14(23)17(20)21/h13,15,17-18,22,25H,5-12H2,1-4H3/t13-,15+,17?,18-,19+,20-,21-/m0/s1. The first-order valence-corrected chi connectivity index (χ1v) is 10.2. The van der Waals surface area contributed by atoms with Gasteiger partial charge in [-0.3, -0.25) is 4.79 Å². The van der Waals surface area contributed by atoms with Crippen LogP contribution in [-0.4, -0.2) is 40.8 Å². The molecule has 0 aromatic heterocycles. The zero-order valence-electron chi connectivity index (χ0n) is 16.6. The number of aliphatic hydroxyl groups excluding tert-OH is 2. The summed E-state index contributed by atoms with van der Waals surface area (Å²) in [4.78, 5) is 25.0. The topological polar surface area (TPSA) is 83.8 Å². The fraction of sp³-hybridized carbons (Fsp3) is 0.905. The van der Waals surface area contributed by atoms with Gasteiger partial charge in [-0.05, 0) is 48.9 Å². The van der Waals surface area contributed by atoms with Gasteiger partial charge in [-0.15, -0.1) is 0 Å². The minimum absolute atomic E-state index is 0.0398. The van der Waals surface area contributed by atoms with Crippen LogP contribution in [0.25, 0.3) is 0 Å². The maximum Gasteiger partial charge on any atom is 0.332 e. The van der Waals surface area contributed by atoms with E-state index in [2.05, 4.69) is 27.7 Å². The molecule has 0 heterocycles. The highest BCUT2D eigenvalue weighted by Crippen LogP contribution is 2.66. The van der Waals surface area contributed by atoms with Crippen molar-refractivity contribution in [2.45, 2.75) is 84.8 Å². The fourth-order valence-corrected chi connectivity index (χ4v) is 6.69. The van der Waals surface area contributed by atoms with Gasteiger partial charge >= 0.3 is 5.97 Å². The van der Waals surface area contributed by atoms with Crippen molar-refractivity contribution < 1.29 is 24.5 Å². The van der Waals surface area contributed by atoms with E-state index in [4.69, 9.17) is 4.74 Å². The Morgan fingerprint density at radius 2 is 1.96 bits per heavy atom. The molecule has 3 aliphatic carbocycles. The van der Waals surface area contributed by atoms with Crippen LogP contribution in [0.1, 0.15) is 72.6 Å². The molecule has 0 radical (unpaired) electrons. The summed E-state index contributed by atoms with van der Waals surface area (Å²) in [5.41, 5.74) is -1.02. The predicted octanol–water partition coefficient (Wildman–Crippen LogP) is 2.86. The van der Waals surface area contributed by atoms with Gasteiger partial charge in [0.25, 0.3) is 0 Å². The number of rotatable bonds is 3. The molecule has 3 aliphatic rings. The minimum Gasteiger partial charge on any atom is -0.460 e. The second kappa shape index (κ2) is 6.59. The lowest BCUT2D eigenvalue weighted by Crippen LogP contribution is -2.61. The molecule has 148 valence electrons. The first kappa shape index (κ1) is 19.8. The van der Waals surface area contributed by atoms with E-state index in [1.807, 2.05) is 0 Å². The number of esters is 1. The minimum atomic E-state index is -0.655. The van der Waals surface area contributed by atoms with E-state index >= 15 is 0 Å². The van der Waals surface area contributed by atoms with Crippen molar-refractivity contribution in [2.75, 3.05) is 6.61 Å². The predicted molar refractivity (Wildman–Crippen MR) is 97.3 cm³/mol.